The Morgan fingerprint density at radius 1 is 0.600 bits per heavy atom. The molecule has 0 saturated carbocycles. The van der Waals surface area contributed by atoms with Crippen LogP contribution in [0.2, 0.25) is 0 Å². The van der Waals surface area contributed by atoms with E-state index in [1.807, 2.05) is 91.0 Å². The van der Waals surface area contributed by atoms with Gasteiger partial charge in [-0.05, 0) is 41.0 Å². The van der Waals surface area contributed by atoms with Crippen LogP contribution >= 0.6 is 0 Å². The second-order valence-corrected chi connectivity index (χ2v) is 6.86. The van der Waals surface area contributed by atoms with Gasteiger partial charge >= 0.3 is 5.97 Å². The monoisotopic (exact) mass is 392 g/mol. The van der Waals surface area contributed by atoms with Crippen molar-refractivity contribution in [2.24, 2.45) is 10.2 Å². The summed E-state index contributed by atoms with van der Waals surface area (Å²) < 4.78 is 0. The number of rotatable bonds is 6. The molecule has 0 spiro atoms. The molecule has 0 heterocycles. The summed E-state index contributed by atoms with van der Waals surface area (Å²) in [5.74, 6) is -0.967. The zero-order chi connectivity index (χ0) is 20.8. The normalized spacial score (nSPS) is 11.5. The van der Waals surface area contributed by atoms with E-state index in [4.69, 9.17) is 10.2 Å². The van der Waals surface area contributed by atoms with E-state index in [0.717, 1.165) is 16.7 Å². The molecule has 0 aromatic heterocycles. The summed E-state index contributed by atoms with van der Waals surface area (Å²) in [6.07, 6.45) is 0. The SMILES string of the molecule is O=C(O)c1ccc(N=NC(c2ccccc2)(c2ccccc2)c2ccccc2)cc1. The maximum atomic E-state index is 11.1. The molecule has 4 heteroatoms. The number of carboxylic acid groups (broad SMARTS) is 1. The van der Waals surface area contributed by atoms with Gasteiger partial charge in [-0.25, -0.2) is 4.79 Å². The Hall–Kier alpha value is -4.05. The van der Waals surface area contributed by atoms with Crippen molar-refractivity contribution in [2.75, 3.05) is 0 Å². The fraction of sp³-hybridized carbons (Fsp3) is 0.0385. The van der Waals surface area contributed by atoms with E-state index >= 15 is 0 Å². The molecule has 0 aliphatic rings. The Morgan fingerprint density at radius 2 is 1.00 bits per heavy atom. The van der Waals surface area contributed by atoms with Gasteiger partial charge in [-0.15, -0.1) is 0 Å². The number of benzene rings is 4. The van der Waals surface area contributed by atoms with Crippen LogP contribution in [-0.2, 0) is 5.54 Å². The molecule has 0 aliphatic carbocycles. The molecule has 1 N–H and O–H groups in total. The molecule has 30 heavy (non-hydrogen) atoms. The van der Waals surface area contributed by atoms with Crippen LogP contribution in [0.15, 0.2) is 125 Å². The number of hydrogen-bond acceptors (Lipinski definition) is 3. The van der Waals surface area contributed by atoms with E-state index < -0.39 is 11.5 Å². The maximum absolute atomic E-state index is 11.1. The van der Waals surface area contributed by atoms with Crippen molar-refractivity contribution >= 4 is 11.7 Å². The third-order valence-electron chi connectivity index (χ3n) is 5.00. The average molecular weight is 392 g/mol. The molecule has 0 amide bonds. The van der Waals surface area contributed by atoms with Gasteiger partial charge in [0.25, 0.3) is 0 Å². The predicted octanol–water partition coefficient (Wildman–Crippen LogP) is 6.46. The lowest BCUT2D eigenvalue weighted by molar-refractivity contribution is 0.0697. The molecule has 4 aromatic carbocycles. The third-order valence-corrected chi connectivity index (χ3v) is 5.00. The van der Waals surface area contributed by atoms with Crippen LogP contribution in [0.3, 0.4) is 0 Å². The minimum absolute atomic E-state index is 0.217. The quantitative estimate of drug-likeness (QED) is 0.302. The van der Waals surface area contributed by atoms with Crippen LogP contribution in [0.5, 0.6) is 0 Å². The highest BCUT2D eigenvalue weighted by atomic mass is 16.4. The Bertz CT molecular complexity index is 1040. The molecular weight excluding hydrogens is 372 g/mol. The Morgan fingerprint density at radius 3 is 1.37 bits per heavy atom. The summed E-state index contributed by atoms with van der Waals surface area (Å²) in [5, 5.41) is 18.6. The molecule has 0 bridgehead atoms. The van der Waals surface area contributed by atoms with Crippen LogP contribution in [0, 0.1) is 0 Å². The smallest absolute Gasteiger partial charge is 0.335 e. The zero-order valence-electron chi connectivity index (χ0n) is 16.2. The minimum atomic E-state index is -0.967. The van der Waals surface area contributed by atoms with Crippen molar-refractivity contribution in [1.29, 1.82) is 0 Å². The van der Waals surface area contributed by atoms with E-state index in [1.165, 1.54) is 12.1 Å². The highest BCUT2D eigenvalue weighted by molar-refractivity contribution is 5.87. The van der Waals surface area contributed by atoms with Gasteiger partial charge in [0.1, 0.15) is 0 Å². The average Bonchev–Trinajstić information content (AvgIpc) is 2.82. The first-order valence-electron chi connectivity index (χ1n) is 9.63. The summed E-state index contributed by atoms with van der Waals surface area (Å²) in [5.41, 5.74) is 2.95. The predicted molar refractivity (Wildman–Crippen MR) is 117 cm³/mol. The van der Waals surface area contributed by atoms with Crippen LogP contribution < -0.4 is 0 Å². The second-order valence-electron chi connectivity index (χ2n) is 6.86. The summed E-state index contributed by atoms with van der Waals surface area (Å²) in [6.45, 7) is 0. The van der Waals surface area contributed by atoms with Crippen LogP contribution in [-0.4, -0.2) is 11.1 Å². The number of hydrogen-bond donors (Lipinski definition) is 1. The number of azo groups is 1. The second kappa shape index (κ2) is 8.53. The van der Waals surface area contributed by atoms with Crippen molar-refractivity contribution in [1.82, 2.24) is 0 Å². The number of carbonyl (C=O) groups is 1. The highest BCUT2D eigenvalue weighted by Gasteiger charge is 2.36. The molecule has 0 saturated heterocycles. The molecule has 0 atom stereocenters. The molecule has 4 nitrogen and oxygen atoms in total. The zero-order valence-corrected chi connectivity index (χ0v) is 16.2. The summed E-state index contributed by atoms with van der Waals surface area (Å²) >= 11 is 0. The Labute approximate surface area is 175 Å². The van der Waals surface area contributed by atoms with Gasteiger partial charge in [0.05, 0.1) is 11.3 Å². The Kier molecular flexibility index (Phi) is 5.48. The standard InChI is InChI=1S/C26H20N2O2/c29-25(30)20-16-18-24(19-17-20)27-28-26(21-10-4-1-5-11-21,22-12-6-2-7-13-22)23-14-8-3-9-15-23/h1-19H,(H,29,30). The fourth-order valence-corrected chi connectivity index (χ4v) is 3.51. The lowest BCUT2D eigenvalue weighted by Gasteiger charge is -2.30. The van der Waals surface area contributed by atoms with Crippen LogP contribution in [0.4, 0.5) is 5.69 Å². The van der Waals surface area contributed by atoms with Crippen molar-refractivity contribution in [3.05, 3.63) is 138 Å². The highest BCUT2D eigenvalue weighted by Crippen LogP contribution is 2.41. The van der Waals surface area contributed by atoms with E-state index in [0.29, 0.717) is 5.69 Å². The van der Waals surface area contributed by atoms with E-state index in [9.17, 15) is 4.79 Å². The topological polar surface area (TPSA) is 62.0 Å². The lowest BCUT2D eigenvalue weighted by atomic mass is 9.78. The summed E-state index contributed by atoms with van der Waals surface area (Å²) in [6, 6.07) is 36.6. The summed E-state index contributed by atoms with van der Waals surface area (Å²) in [7, 11) is 0. The van der Waals surface area contributed by atoms with Gasteiger partial charge in [0, 0.05) is 0 Å². The molecule has 0 radical (unpaired) electrons. The molecule has 0 aliphatic heterocycles. The van der Waals surface area contributed by atoms with E-state index in [-0.39, 0.29) is 5.56 Å². The number of carboxylic acids is 1. The maximum Gasteiger partial charge on any atom is 0.335 e. The third kappa shape index (κ3) is 3.76. The van der Waals surface area contributed by atoms with E-state index in [1.54, 1.807) is 12.1 Å². The van der Waals surface area contributed by atoms with Gasteiger partial charge in [0.15, 0.2) is 5.54 Å². The molecule has 4 aromatic rings. The van der Waals surface area contributed by atoms with Crippen molar-refractivity contribution in [2.45, 2.75) is 5.54 Å². The van der Waals surface area contributed by atoms with Gasteiger partial charge in [-0.1, -0.05) is 91.0 Å². The first kappa shape index (κ1) is 19.3. The first-order chi connectivity index (χ1) is 14.7. The Balaban J connectivity index is 1.92. The van der Waals surface area contributed by atoms with Crippen LogP contribution in [0.25, 0.3) is 0 Å². The van der Waals surface area contributed by atoms with E-state index in [2.05, 4.69) is 5.11 Å². The number of aromatic carboxylic acids is 1. The van der Waals surface area contributed by atoms with Crippen LogP contribution in [0.1, 0.15) is 27.0 Å². The van der Waals surface area contributed by atoms with Gasteiger partial charge in [0.2, 0.25) is 0 Å². The van der Waals surface area contributed by atoms with Crippen molar-refractivity contribution in [3.8, 4) is 0 Å². The number of nitrogens with zero attached hydrogens (tertiary/aromatic N) is 2. The fourth-order valence-electron chi connectivity index (χ4n) is 3.51. The first-order valence-corrected chi connectivity index (χ1v) is 9.63. The largest absolute Gasteiger partial charge is 0.478 e. The minimum Gasteiger partial charge on any atom is -0.478 e. The molecule has 4 rings (SSSR count). The van der Waals surface area contributed by atoms with Gasteiger partial charge in [-0.3, -0.25) is 0 Å². The summed E-state index contributed by atoms with van der Waals surface area (Å²) in [4.78, 5) is 11.1. The molecule has 0 unspecified atom stereocenters. The molecule has 0 fully saturated rings. The van der Waals surface area contributed by atoms with Gasteiger partial charge < -0.3 is 5.11 Å². The lowest BCUT2D eigenvalue weighted by Crippen LogP contribution is -2.26. The van der Waals surface area contributed by atoms with Gasteiger partial charge in [-0.2, -0.15) is 10.2 Å². The van der Waals surface area contributed by atoms with Crippen molar-refractivity contribution < 1.29 is 9.90 Å². The molecular formula is C26H20N2O2. The molecule has 146 valence electrons. The van der Waals surface area contributed by atoms with Crippen molar-refractivity contribution in [3.63, 3.8) is 0 Å².